The second-order valence-electron chi connectivity index (χ2n) is 4.04. The van der Waals surface area contributed by atoms with E-state index in [0.717, 1.165) is 0 Å². The summed E-state index contributed by atoms with van der Waals surface area (Å²) in [5.74, 6) is -1.12. The first kappa shape index (κ1) is 13.4. The van der Waals surface area contributed by atoms with Gasteiger partial charge in [-0.2, -0.15) is 0 Å². The molecule has 96 valence electrons. The highest BCUT2D eigenvalue weighted by atomic mass is 79.9. The number of aromatic nitrogens is 3. The van der Waals surface area contributed by atoms with E-state index in [-0.39, 0.29) is 16.9 Å². The van der Waals surface area contributed by atoms with Crippen molar-refractivity contribution in [2.75, 3.05) is 0 Å². The second-order valence-corrected chi connectivity index (χ2v) is 5.29. The van der Waals surface area contributed by atoms with Gasteiger partial charge in [0.05, 0.1) is 0 Å². The van der Waals surface area contributed by atoms with Crippen molar-refractivity contribution in [1.29, 1.82) is 0 Å². The minimum Gasteiger partial charge on any atom is -0.264 e. The van der Waals surface area contributed by atoms with E-state index in [0.29, 0.717) is 10.3 Å². The molecule has 0 aliphatic heterocycles. The lowest BCUT2D eigenvalue weighted by Crippen LogP contribution is -2.08. The fourth-order valence-electron chi connectivity index (χ4n) is 1.61. The van der Waals surface area contributed by atoms with Gasteiger partial charge in [-0.15, -0.1) is 10.2 Å². The zero-order valence-electron chi connectivity index (χ0n) is 9.59. The molecule has 0 bridgehead atoms. The summed E-state index contributed by atoms with van der Waals surface area (Å²) in [6, 6.07) is 2.33. The Morgan fingerprint density at radius 2 is 1.78 bits per heavy atom. The Morgan fingerprint density at radius 1 is 1.22 bits per heavy atom. The number of halogens is 4. The quantitative estimate of drug-likeness (QED) is 0.827. The van der Waals surface area contributed by atoms with E-state index in [1.54, 1.807) is 0 Å². The van der Waals surface area contributed by atoms with Crippen LogP contribution in [-0.2, 0) is 0 Å². The molecule has 1 aromatic heterocycles. The number of rotatable bonds is 2. The maximum absolute atomic E-state index is 13.9. The molecule has 0 amide bonds. The molecular formula is C11H9BrClF2N3. The molecule has 18 heavy (non-hydrogen) atoms. The van der Waals surface area contributed by atoms with Crippen LogP contribution in [0.4, 0.5) is 8.78 Å². The average molecular weight is 337 g/mol. The molecule has 1 aromatic carbocycles. The van der Waals surface area contributed by atoms with Crippen LogP contribution < -0.4 is 0 Å². The van der Waals surface area contributed by atoms with E-state index in [2.05, 4.69) is 26.1 Å². The third kappa shape index (κ3) is 2.27. The maximum Gasteiger partial charge on any atom is 0.229 e. The van der Waals surface area contributed by atoms with E-state index in [1.165, 1.54) is 16.7 Å². The Kier molecular flexibility index (Phi) is 3.68. The molecule has 0 radical (unpaired) electrons. The Morgan fingerprint density at radius 3 is 2.28 bits per heavy atom. The minimum absolute atomic E-state index is 0.0625. The third-order valence-electron chi connectivity index (χ3n) is 2.37. The van der Waals surface area contributed by atoms with E-state index < -0.39 is 11.6 Å². The van der Waals surface area contributed by atoms with Gasteiger partial charge in [-0.1, -0.05) is 29.8 Å². The van der Waals surface area contributed by atoms with Crippen LogP contribution in [0.3, 0.4) is 0 Å². The summed E-state index contributed by atoms with van der Waals surface area (Å²) in [7, 11) is 0. The Balaban J connectivity index is 2.73. The van der Waals surface area contributed by atoms with E-state index in [4.69, 9.17) is 11.6 Å². The van der Waals surface area contributed by atoms with Crippen molar-refractivity contribution in [3.8, 4) is 5.69 Å². The van der Waals surface area contributed by atoms with Crippen LogP contribution in [0.15, 0.2) is 16.6 Å². The van der Waals surface area contributed by atoms with Crippen LogP contribution in [0.1, 0.15) is 25.6 Å². The molecule has 1 heterocycles. The van der Waals surface area contributed by atoms with Gasteiger partial charge in [-0.05, 0) is 23.7 Å². The zero-order chi connectivity index (χ0) is 13.4. The highest BCUT2D eigenvalue weighted by molar-refractivity contribution is 9.10. The molecule has 0 unspecified atom stereocenters. The molecule has 0 fully saturated rings. The van der Waals surface area contributed by atoms with Crippen molar-refractivity contribution < 1.29 is 8.78 Å². The van der Waals surface area contributed by atoms with Gasteiger partial charge in [0.1, 0.15) is 11.5 Å². The van der Waals surface area contributed by atoms with Crippen molar-refractivity contribution in [3.05, 3.63) is 39.3 Å². The van der Waals surface area contributed by atoms with Gasteiger partial charge in [0, 0.05) is 10.4 Å². The highest BCUT2D eigenvalue weighted by Crippen LogP contribution is 2.28. The van der Waals surface area contributed by atoms with Gasteiger partial charge in [0.25, 0.3) is 0 Å². The first-order valence-electron chi connectivity index (χ1n) is 5.17. The van der Waals surface area contributed by atoms with Gasteiger partial charge in [-0.3, -0.25) is 4.57 Å². The van der Waals surface area contributed by atoms with Crippen LogP contribution in [-0.4, -0.2) is 14.8 Å². The average Bonchev–Trinajstić information content (AvgIpc) is 2.59. The molecular weight excluding hydrogens is 327 g/mol. The number of hydrogen-bond acceptors (Lipinski definition) is 2. The van der Waals surface area contributed by atoms with Gasteiger partial charge in [0.2, 0.25) is 5.28 Å². The summed E-state index contributed by atoms with van der Waals surface area (Å²) in [6.07, 6.45) is 0. The lowest BCUT2D eigenvalue weighted by Gasteiger charge is -2.12. The van der Waals surface area contributed by atoms with E-state index in [1.807, 2.05) is 13.8 Å². The third-order valence-corrected chi connectivity index (χ3v) is 3.07. The zero-order valence-corrected chi connectivity index (χ0v) is 11.9. The Bertz CT molecular complexity index is 575. The summed E-state index contributed by atoms with van der Waals surface area (Å²) >= 11 is 8.87. The van der Waals surface area contributed by atoms with Crippen LogP contribution >= 0.6 is 27.5 Å². The molecule has 2 aromatic rings. The number of nitrogens with zero attached hydrogens (tertiary/aromatic N) is 3. The van der Waals surface area contributed by atoms with Crippen molar-refractivity contribution >= 4 is 27.5 Å². The number of hydrogen-bond donors (Lipinski definition) is 0. The predicted octanol–water partition coefficient (Wildman–Crippen LogP) is 4.08. The summed E-state index contributed by atoms with van der Waals surface area (Å²) in [6.45, 7) is 3.68. The van der Waals surface area contributed by atoms with Gasteiger partial charge in [0.15, 0.2) is 11.6 Å². The van der Waals surface area contributed by atoms with E-state index >= 15 is 0 Å². The molecule has 0 N–H and O–H groups in total. The molecule has 2 rings (SSSR count). The molecule has 3 nitrogen and oxygen atoms in total. The molecule has 0 spiro atoms. The fraction of sp³-hybridized carbons (Fsp3) is 0.273. The normalized spacial score (nSPS) is 11.3. The monoisotopic (exact) mass is 335 g/mol. The fourth-order valence-corrected chi connectivity index (χ4v) is 2.22. The van der Waals surface area contributed by atoms with Crippen LogP contribution in [0.5, 0.6) is 0 Å². The smallest absolute Gasteiger partial charge is 0.229 e. The van der Waals surface area contributed by atoms with E-state index in [9.17, 15) is 8.78 Å². The summed E-state index contributed by atoms with van der Waals surface area (Å²) in [5, 5.41) is 7.41. The topological polar surface area (TPSA) is 30.7 Å². The molecule has 7 heteroatoms. The van der Waals surface area contributed by atoms with Crippen LogP contribution in [0.2, 0.25) is 5.28 Å². The van der Waals surface area contributed by atoms with Crippen LogP contribution in [0.25, 0.3) is 5.69 Å². The predicted molar refractivity (Wildman–Crippen MR) is 68.1 cm³/mol. The van der Waals surface area contributed by atoms with Gasteiger partial charge < -0.3 is 0 Å². The van der Waals surface area contributed by atoms with Crippen molar-refractivity contribution in [3.63, 3.8) is 0 Å². The largest absolute Gasteiger partial charge is 0.264 e. The standard InChI is InChI=1S/C11H9BrClF2N3/c1-5(2)10-16-17-11(13)18(10)9-7(14)3-6(12)4-8(9)15/h3-5H,1-2H3. The SMILES string of the molecule is CC(C)c1nnc(Cl)n1-c1c(F)cc(Br)cc1F. The summed E-state index contributed by atoms with van der Waals surface area (Å²) in [5.41, 5.74) is -0.267. The second kappa shape index (κ2) is 4.93. The molecule has 0 saturated heterocycles. The van der Waals surface area contributed by atoms with Gasteiger partial charge in [-0.25, -0.2) is 8.78 Å². The Hall–Kier alpha value is -1.01. The Labute approximate surface area is 116 Å². The first-order valence-corrected chi connectivity index (χ1v) is 6.34. The van der Waals surface area contributed by atoms with Crippen molar-refractivity contribution in [2.45, 2.75) is 19.8 Å². The molecule has 0 aliphatic carbocycles. The molecule has 0 aliphatic rings. The molecule has 0 saturated carbocycles. The highest BCUT2D eigenvalue weighted by Gasteiger charge is 2.21. The van der Waals surface area contributed by atoms with Gasteiger partial charge >= 0.3 is 0 Å². The van der Waals surface area contributed by atoms with Crippen molar-refractivity contribution in [2.24, 2.45) is 0 Å². The number of benzene rings is 1. The molecule has 0 atom stereocenters. The maximum atomic E-state index is 13.9. The van der Waals surface area contributed by atoms with Crippen LogP contribution in [0, 0.1) is 11.6 Å². The lowest BCUT2D eigenvalue weighted by atomic mass is 10.2. The summed E-state index contributed by atoms with van der Waals surface area (Å²) < 4.78 is 29.3. The summed E-state index contributed by atoms with van der Waals surface area (Å²) in [4.78, 5) is 0. The first-order chi connectivity index (χ1) is 8.41. The lowest BCUT2D eigenvalue weighted by molar-refractivity contribution is 0.561. The van der Waals surface area contributed by atoms with Crippen molar-refractivity contribution in [1.82, 2.24) is 14.8 Å². The minimum atomic E-state index is -0.731.